The maximum absolute atomic E-state index is 12.0. The zero-order chi connectivity index (χ0) is 15.5. The molecule has 0 spiro atoms. The van der Waals surface area contributed by atoms with Gasteiger partial charge in [-0.05, 0) is 55.5 Å². The molecule has 1 aromatic rings. The normalized spacial score (nSPS) is 9.86. The summed E-state index contributed by atoms with van der Waals surface area (Å²) >= 11 is 1.87. The molecule has 1 aromatic carbocycles. The predicted molar refractivity (Wildman–Crippen MR) is 91.7 cm³/mol. The largest absolute Gasteiger partial charge is 0.352 e. The number of hydrogen-bond donors (Lipinski definition) is 2. The molecule has 3 nitrogen and oxygen atoms in total. The quantitative estimate of drug-likeness (QED) is 0.601. The van der Waals surface area contributed by atoms with E-state index in [2.05, 4.69) is 23.4 Å². The van der Waals surface area contributed by atoms with Crippen LogP contribution in [0.15, 0.2) is 18.2 Å². The minimum absolute atomic E-state index is 0.0127. The van der Waals surface area contributed by atoms with E-state index in [0.717, 1.165) is 30.5 Å². The van der Waals surface area contributed by atoms with E-state index < -0.39 is 0 Å². The minimum atomic E-state index is -0.0127. The fourth-order valence-electron chi connectivity index (χ4n) is 1.94. The molecular weight excluding hydrogens is 280 g/mol. The van der Waals surface area contributed by atoms with Gasteiger partial charge in [-0.1, -0.05) is 18.3 Å². The molecule has 0 saturated carbocycles. The maximum atomic E-state index is 12.0. The van der Waals surface area contributed by atoms with Crippen molar-refractivity contribution >= 4 is 17.7 Å². The molecule has 0 heterocycles. The average molecular weight is 304 g/mol. The molecule has 0 fully saturated rings. The van der Waals surface area contributed by atoms with E-state index in [1.807, 2.05) is 36.9 Å². The van der Waals surface area contributed by atoms with E-state index in [1.165, 1.54) is 12.2 Å². The molecule has 0 radical (unpaired) electrons. The van der Waals surface area contributed by atoms with Crippen molar-refractivity contribution < 1.29 is 4.79 Å². The van der Waals surface area contributed by atoms with E-state index in [1.54, 1.807) is 0 Å². The maximum Gasteiger partial charge on any atom is 0.251 e. The molecule has 3 N–H and O–H groups in total. The average Bonchev–Trinajstić information content (AvgIpc) is 2.49. The topological polar surface area (TPSA) is 55.1 Å². The van der Waals surface area contributed by atoms with Gasteiger partial charge in [-0.15, -0.1) is 0 Å². The molecule has 0 aliphatic rings. The van der Waals surface area contributed by atoms with Gasteiger partial charge >= 0.3 is 0 Å². The van der Waals surface area contributed by atoms with Gasteiger partial charge in [0.2, 0.25) is 0 Å². The van der Waals surface area contributed by atoms with E-state index in [0.29, 0.717) is 12.1 Å². The number of nitrogens with two attached hydrogens (primary N) is 1. The Kier molecular flexibility index (Phi) is 8.65. The zero-order valence-corrected chi connectivity index (χ0v) is 13.7. The lowest BCUT2D eigenvalue weighted by Gasteiger charge is -2.07. The summed E-state index contributed by atoms with van der Waals surface area (Å²) in [6.07, 6.45) is 5.52. The first-order valence-electron chi connectivity index (χ1n) is 7.25. The third-order valence-corrected chi connectivity index (χ3v) is 3.82. The van der Waals surface area contributed by atoms with Gasteiger partial charge in [-0.2, -0.15) is 11.8 Å². The summed E-state index contributed by atoms with van der Waals surface area (Å²) in [5.74, 6) is 7.01. The first-order valence-corrected chi connectivity index (χ1v) is 8.65. The highest BCUT2D eigenvalue weighted by atomic mass is 32.2. The Morgan fingerprint density at radius 2 is 2.14 bits per heavy atom. The van der Waals surface area contributed by atoms with Crippen LogP contribution < -0.4 is 11.1 Å². The fourth-order valence-corrected chi connectivity index (χ4v) is 2.44. The number of rotatable bonds is 7. The summed E-state index contributed by atoms with van der Waals surface area (Å²) in [7, 11) is 0. The van der Waals surface area contributed by atoms with Crippen LogP contribution in [-0.4, -0.2) is 31.0 Å². The molecule has 0 aliphatic heterocycles. The summed E-state index contributed by atoms with van der Waals surface area (Å²) < 4.78 is 0. The number of unbranched alkanes of at least 4 members (excludes halogenated alkanes) is 2. The van der Waals surface area contributed by atoms with Gasteiger partial charge < -0.3 is 11.1 Å². The SMILES string of the molecule is CSCCCCCNC(=O)c1ccc(C#CCN)c(C)c1. The minimum Gasteiger partial charge on any atom is -0.352 e. The molecule has 1 amide bonds. The van der Waals surface area contributed by atoms with Crippen molar-refractivity contribution in [3.05, 3.63) is 34.9 Å². The molecule has 0 unspecified atom stereocenters. The van der Waals surface area contributed by atoms with Gasteiger partial charge in [-0.3, -0.25) is 4.79 Å². The lowest BCUT2D eigenvalue weighted by atomic mass is 10.0. The second-order valence-electron chi connectivity index (χ2n) is 4.84. The van der Waals surface area contributed by atoms with E-state index in [4.69, 9.17) is 5.73 Å². The van der Waals surface area contributed by atoms with Crippen molar-refractivity contribution in [3.8, 4) is 11.8 Å². The van der Waals surface area contributed by atoms with Gasteiger partial charge in [-0.25, -0.2) is 0 Å². The molecule has 114 valence electrons. The third-order valence-electron chi connectivity index (χ3n) is 3.12. The van der Waals surface area contributed by atoms with E-state index in [-0.39, 0.29) is 5.91 Å². The number of benzene rings is 1. The third kappa shape index (κ3) is 6.70. The van der Waals surface area contributed by atoms with Crippen molar-refractivity contribution in [2.24, 2.45) is 5.73 Å². The Bertz CT molecular complexity index is 517. The van der Waals surface area contributed by atoms with Crippen LogP contribution in [0.1, 0.15) is 40.7 Å². The molecule has 4 heteroatoms. The van der Waals surface area contributed by atoms with Gasteiger partial charge in [0.15, 0.2) is 0 Å². The van der Waals surface area contributed by atoms with Crippen LogP contribution in [0.3, 0.4) is 0 Å². The second-order valence-corrected chi connectivity index (χ2v) is 5.83. The number of nitrogens with one attached hydrogen (secondary N) is 1. The Labute approximate surface area is 132 Å². The number of carbonyl (C=O) groups is 1. The Hall–Kier alpha value is -1.44. The molecule has 0 bridgehead atoms. The summed E-state index contributed by atoms with van der Waals surface area (Å²) in [4.78, 5) is 12.0. The predicted octanol–water partition coefficient (Wildman–Crippen LogP) is 2.57. The second kappa shape index (κ2) is 10.3. The lowest BCUT2D eigenvalue weighted by molar-refractivity contribution is 0.0953. The van der Waals surface area contributed by atoms with Gasteiger partial charge in [0.1, 0.15) is 0 Å². The molecule has 0 aliphatic carbocycles. The number of aryl methyl sites for hydroxylation is 1. The smallest absolute Gasteiger partial charge is 0.251 e. The van der Waals surface area contributed by atoms with Crippen LogP contribution in [0.4, 0.5) is 0 Å². The van der Waals surface area contributed by atoms with Crippen LogP contribution in [0.5, 0.6) is 0 Å². The monoisotopic (exact) mass is 304 g/mol. The standard InChI is InChI=1S/C17H24N2OS/c1-14-13-16(9-8-15(14)7-6-10-18)17(20)19-11-4-3-5-12-21-2/h8-9,13H,3-5,10-12,18H2,1-2H3,(H,19,20). The van der Waals surface area contributed by atoms with Gasteiger partial charge in [0.25, 0.3) is 5.91 Å². The highest BCUT2D eigenvalue weighted by Crippen LogP contribution is 2.10. The Morgan fingerprint density at radius 1 is 1.33 bits per heavy atom. The Morgan fingerprint density at radius 3 is 2.81 bits per heavy atom. The van der Waals surface area contributed by atoms with Crippen LogP contribution in [0, 0.1) is 18.8 Å². The summed E-state index contributed by atoms with van der Waals surface area (Å²) in [6.45, 7) is 3.04. The molecule has 0 atom stereocenters. The molecular formula is C17H24N2OS. The van der Waals surface area contributed by atoms with E-state index in [9.17, 15) is 4.79 Å². The van der Waals surface area contributed by atoms with Crippen LogP contribution in [-0.2, 0) is 0 Å². The van der Waals surface area contributed by atoms with Crippen molar-refractivity contribution in [2.75, 3.05) is 25.1 Å². The Balaban J connectivity index is 2.46. The van der Waals surface area contributed by atoms with Crippen molar-refractivity contribution in [1.29, 1.82) is 0 Å². The first kappa shape index (κ1) is 17.6. The summed E-state index contributed by atoms with van der Waals surface area (Å²) in [5.41, 5.74) is 7.98. The zero-order valence-electron chi connectivity index (χ0n) is 12.9. The van der Waals surface area contributed by atoms with Crippen LogP contribution in [0.2, 0.25) is 0 Å². The van der Waals surface area contributed by atoms with Gasteiger partial charge in [0.05, 0.1) is 6.54 Å². The van der Waals surface area contributed by atoms with Crippen molar-refractivity contribution in [3.63, 3.8) is 0 Å². The van der Waals surface area contributed by atoms with Crippen LogP contribution in [0.25, 0.3) is 0 Å². The summed E-state index contributed by atoms with van der Waals surface area (Å²) in [6, 6.07) is 5.57. The van der Waals surface area contributed by atoms with E-state index >= 15 is 0 Å². The van der Waals surface area contributed by atoms with Crippen molar-refractivity contribution in [1.82, 2.24) is 5.32 Å². The number of amides is 1. The van der Waals surface area contributed by atoms with Crippen molar-refractivity contribution in [2.45, 2.75) is 26.2 Å². The fraction of sp³-hybridized carbons (Fsp3) is 0.471. The van der Waals surface area contributed by atoms with Gasteiger partial charge in [0, 0.05) is 17.7 Å². The lowest BCUT2D eigenvalue weighted by Crippen LogP contribution is -2.24. The number of hydrogen-bond acceptors (Lipinski definition) is 3. The molecule has 1 rings (SSSR count). The molecule has 21 heavy (non-hydrogen) atoms. The highest BCUT2D eigenvalue weighted by Gasteiger charge is 2.06. The number of carbonyl (C=O) groups excluding carboxylic acids is 1. The highest BCUT2D eigenvalue weighted by molar-refractivity contribution is 7.98. The first-order chi connectivity index (χ1) is 10.2. The summed E-state index contributed by atoms with van der Waals surface area (Å²) in [5, 5.41) is 2.96. The molecule has 0 saturated heterocycles. The molecule has 0 aromatic heterocycles. The van der Waals surface area contributed by atoms with Crippen LogP contribution >= 0.6 is 11.8 Å². The number of thioether (sulfide) groups is 1.